The maximum atomic E-state index is 13.0. The highest BCUT2D eigenvalue weighted by Gasteiger charge is 2.30. The van der Waals surface area contributed by atoms with Gasteiger partial charge in [0.2, 0.25) is 5.88 Å². The second-order valence-corrected chi connectivity index (χ2v) is 8.29. The Morgan fingerprint density at radius 1 is 1.09 bits per heavy atom. The average Bonchev–Trinajstić information content (AvgIpc) is 3.29. The fourth-order valence-corrected chi connectivity index (χ4v) is 4.18. The van der Waals surface area contributed by atoms with Gasteiger partial charge in [-0.1, -0.05) is 0 Å². The number of nitrogens with zero attached hydrogens (tertiary/aromatic N) is 3. The van der Waals surface area contributed by atoms with E-state index in [-0.39, 0.29) is 18.0 Å². The van der Waals surface area contributed by atoms with Gasteiger partial charge in [0.15, 0.2) is 0 Å². The molecular formula is C24H30N4O4. The highest BCUT2D eigenvalue weighted by Crippen LogP contribution is 2.25. The first-order valence-electron chi connectivity index (χ1n) is 11.2. The Morgan fingerprint density at radius 3 is 2.66 bits per heavy atom. The molecule has 0 radical (unpaired) electrons. The van der Waals surface area contributed by atoms with E-state index < -0.39 is 0 Å². The van der Waals surface area contributed by atoms with Crippen LogP contribution in [0.2, 0.25) is 0 Å². The number of hydrogen-bond donors (Lipinski definition) is 1. The van der Waals surface area contributed by atoms with Crippen LogP contribution in [-0.2, 0) is 0 Å². The lowest BCUT2D eigenvalue weighted by Gasteiger charge is -2.27. The summed E-state index contributed by atoms with van der Waals surface area (Å²) in [5.41, 5.74) is 2.17. The fourth-order valence-electron chi connectivity index (χ4n) is 4.18. The van der Waals surface area contributed by atoms with Gasteiger partial charge in [-0.25, -0.2) is 9.78 Å². The smallest absolute Gasteiger partial charge is 0.321 e. The molecule has 1 aromatic heterocycles. The van der Waals surface area contributed by atoms with Crippen molar-refractivity contribution in [2.24, 2.45) is 0 Å². The number of piperidine rings is 1. The summed E-state index contributed by atoms with van der Waals surface area (Å²) >= 11 is 0. The number of pyridine rings is 1. The molecule has 1 atom stereocenters. The summed E-state index contributed by atoms with van der Waals surface area (Å²) < 4.78 is 11.3. The fraction of sp³-hybridized carbons (Fsp3) is 0.458. The number of anilines is 1. The van der Waals surface area contributed by atoms with Crippen LogP contribution in [0.4, 0.5) is 10.5 Å². The number of benzene rings is 1. The molecule has 2 fully saturated rings. The first kappa shape index (κ1) is 21.9. The Morgan fingerprint density at radius 2 is 1.91 bits per heavy atom. The van der Waals surface area contributed by atoms with E-state index in [2.05, 4.69) is 10.3 Å². The summed E-state index contributed by atoms with van der Waals surface area (Å²) in [7, 11) is 1.62. The second-order valence-electron chi connectivity index (χ2n) is 8.29. The third kappa shape index (κ3) is 4.95. The summed E-state index contributed by atoms with van der Waals surface area (Å²) in [5.74, 6) is 1.07. The van der Waals surface area contributed by atoms with E-state index >= 15 is 0 Å². The van der Waals surface area contributed by atoms with Crippen LogP contribution in [-0.4, -0.2) is 66.1 Å². The molecule has 0 saturated carbocycles. The van der Waals surface area contributed by atoms with E-state index in [1.165, 1.54) is 0 Å². The van der Waals surface area contributed by atoms with Gasteiger partial charge < -0.3 is 24.6 Å². The molecule has 1 unspecified atom stereocenters. The monoisotopic (exact) mass is 438 g/mol. The van der Waals surface area contributed by atoms with Crippen molar-refractivity contribution in [2.45, 2.75) is 38.7 Å². The molecule has 1 N–H and O–H groups in total. The van der Waals surface area contributed by atoms with Crippen molar-refractivity contribution in [2.75, 3.05) is 38.6 Å². The van der Waals surface area contributed by atoms with Crippen LogP contribution in [0.1, 0.15) is 41.6 Å². The van der Waals surface area contributed by atoms with E-state index in [1.54, 1.807) is 30.3 Å². The van der Waals surface area contributed by atoms with Gasteiger partial charge in [-0.05, 0) is 62.1 Å². The Labute approximate surface area is 188 Å². The number of rotatable bonds is 5. The van der Waals surface area contributed by atoms with Crippen LogP contribution in [0, 0.1) is 6.92 Å². The zero-order valence-electron chi connectivity index (χ0n) is 18.7. The zero-order chi connectivity index (χ0) is 22.5. The molecular weight excluding hydrogens is 408 g/mol. The van der Waals surface area contributed by atoms with Crippen molar-refractivity contribution >= 4 is 17.6 Å². The van der Waals surface area contributed by atoms with Gasteiger partial charge in [-0.2, -0.15) is 0 Å². The number of methoxy groups -OCH3 is 1. The molecule has 32 heavy (non-hydrogen) atoms. The lowest BCUT2D eigenvalue weighted by molar-refractivity contribution is 0.0715. The molecule has 0 bridgehead atoms. The highest BCUT2D eigenvalue weighted by molar-refractivity contribution is 5.96. The van der Waals surface area contributed by atoms with E-state index in [1.807, 2.05) is 30.0 Å². The Bertz CT molecular complexity index is 974. The molecule has 170 valence electrons. The molecule has 2 saturated heterocycles. The zero-order valence-corrected chi connectivity index (χ0v) is 18.7. The van der Waals surface area contributed by atoms with Gasteiger partial charge in [0.25, 0.3) is 5.91 Å². The van der Waals surface area contributed by atoms with Crippen LogP contribution in [0.3, 0.4) is 0 Å². The van der Waals surface area contributed by atoms with Crippen molar-refractivity contribution in [1.29, 1.82) is 0 Å². The van der Waals surface area contributed by atoms with Crippen molar-refractivity contribution in [3.8, 4) is 11.6 Å². The van der Waals surface area contributed by atoms with Gasteiger partial charge in [0, 0.05) is 37.9 Å². The molecule has 2 aliphatic heterocycles. The maximum Gasteiger partial charge on any atom is 0.321 e. The molecule has 2 aliphatic rings. The van der Waals surface area contributed by atoms with Crippen LogP contribution in [0.5, 0.6) is 11.6 Å². The summed E-state index contributed by atoms with van der Waals surface area (Å²) in [4.78, 5) is 33.6. The highest BCUT2D eigenvalue weighted by atomic mass is 16.5. The largest absolute Gasteiger partial charge is 0.497 e. The third-order valence-electron chi connectivity index (χ3n) is 6.03. The van der Waals surface area contributed by atoms with E-state index in [0.717, 1.165) is 49.4 Å². The minimum Gasteiger partial charge on any atom is -0.497 e. The normalized spacial score (nSPS) is 18.4. The molecule has 1 aromatic carbocycles. The molecule has 3 heterocycles. The summed E-state index contributed by atoms with van der Waals surface area (Å²) in [6.07, 6.45) is 5.33. The number of urea groups is 1. The quantitative estimate of drug-likeness (QED) is 0.769. The summed E-state index contributed by atoms with van der Waals surface area (Å²) in [6, 6.07) is 8.90. The lowest BCUT2D eigenvalue weighted by atomic mass is 10.1. The number of hydrogen-bond acceptors (Lipinski definition) is 5. The van der Waals surface area contributed by atoms with E-state index in [0.29, 0.717) is 31.0 Å². The molecule has 4 rings (SSSR count). The number of amides is 3. The van der Waals surface area contributed by atoms with Gasteiger partial charge in [-0.15, -0.1) is 0 Å². The Kier molecular flexibility index (Phi) is 6.78. The van der Waals surface area contributed by atoms with E-state index in [9.17, 15) is 9.59 Å². The molecule has 0 spiro atoms. The van der Waals surface area contributed by atoms with Crippen molar-refractivity contribution in [3.63, 3.8) is 0 Å². The average molecular weight is 439 g/mol. The summed E-state index contributed by atoms with van der Waals surface area (Å²) in [5, 5.41) is 2.96. The predicted octanol–water partition coefficient (Wildman–Crippen LogP) is 3.71. The first-order chi connectivity index (χ1) is 15.5. The van der Waals surface area contributed by atoms with Gasteiger partial charge in [-0.3, -0.25) is 4.79 Å². The maximum absolute atomic E-state index is 13.0. The molecule has 0 aliphatic carbocycles. The number of aromatic nitrogens is 1. The number of ether oxygens (including phenoxy) is 2. The van der Waals surface area contributed by atoms with Gasteiger partial charge in [0.05, 0.1) is 13.7 Å². The van der Waals surface area contributed by atoms with Gasteiger partial charge >= 0.3 is 6.03 Å². The van der Waals surface area contributed by atoms with E-state index in [4.69, 9.17) is 9.47 Å². The Balaban J connectivity index is 1.37. The van der Waals surface area contributed by atoms with Crippen LogP contribution >= 0.6 is 0 Å². The number of carbonyl (C=O) groups is 2. The van der Waals surface area contributed by atoms with Crippen molar-refractivity contribution in [1.82, 2.24) is 14.8 Å². The predicted molar refractivity (Wildman–Crippen MR) is 121 cm³/mol. The SMILES string of the molecule is COc1ccc(NC(=O)N2CCC(Oc3ncccc3C(=O)N3CCCCC3)C2)c(C)c1. The second kappa shape index (κ2) is 9.89. The number of likely N-dealkylation sites (tertiary alicyclic amines) is 2. The van der Waals surface area contributed by atoms with Gasteiger partial charge in [0.1, 0.15) is 17.4 Å². The first-order valence-corrected chi connectivity index (χ1v) is 11.2. The van der Waals surface area contributed by atoms with Crippen LogP contribution in [0.25, 0.3) is 0 Å². The molecule has 2 aromatic rings. The van der Waals surface area contributed by atoms with Crippen LogP contribution in [0.15, 0.2) is 36.5 Å². The third-order valence-corrected chi connectivity index (χ3v) is 6.03. The minimum absolute atomic E-state index is 0.0321. The number of aryl methyl sites for hydroxylation is 1. The lowest BCUT2D eigenvalue weighted by Crippen LogP contribution is -2.36. The van der Waals surface area contributed by atoms with Crippen molar-refractivity contribution in [3.05, 3.63) is 47.7 Å². The number of carbonyl (C=O) groups excluding carboxylic acids is 2. The standard InChI is InChI=1S/C24H30N4O4/c1-17-15-18(31-2)8-9-21(17)26-24(30)28-14-10-19(16-28)32-22-20(7-6-11-25-22)23(29)27-12-4-3-5-13-27/h6-9,11,15,19H,3-5,10,12-14,16H2,1-2H3,(H,26,30). The summed E-state index contributed by atoms with van der Waals surface area (Å²) in [6.45, 7) is 4.49. The number of nitrogens with one attached hydrogen (secondary N) is 1. The molecule has 3 amide bonds. The van der Waals surface area contributed by atoms with Crippen LogP contribution < -0.4 is 14.8 Å². The van der Waals surface area contributed by atoms with Crippen molar-refractivity contribution < 1.29 is 19.1 Å². The minimum atomic E-state index is -0.208. The molecule has 8 heteroatoms. The molecule has 8 nitrogen and oxygen atoms in total. The topological polar surface area (TPSA) is 84.0 Å². The Hall–Kier alpha value is -3.29.